The average Bonchev–Trinajstić information content (AvgIpc) is 3.29. The summed E-state index contributed by atoms with van der Waals surface area (Å²) in [5.41, 5.74) is 2.25. The van der Waals surface area contributed by atoms with Crippen LogP contribution in [0, 0.1) is 0 Å². The number of amides is 1. The first-order valence-electron chi connectivity index (χ1n) is 8.03. The van der Waals surface area contributed by atoms with Crippen molar-refractivity contribution < 1.29 is 14.3 Å². The van der Waals surface area contributed by atoms with Crippen LogP contribution in [0.2, 0.25) is 0 Å². The lowest BCUT2D eigenvalue weighted by atomic mass is 10.1. The van der Waals surface area contributed by atoms with Crippen molar-refractivity contribution >= 4 is 44.5 Å². The third-order valence-corrected chi connectivity index (χ3v) is 6.16. The van der Waals surface area contributed by atoms with Crippen molar-refractivity contribution in [3.8, 4) is 11.5 Å². The number of benzene rings is 2. The van der Waals surface area contributed by atoms with Crippen LogP contribution in [-0.4, -0.2) is 12.7 Å². The van der Waals surface area contributed by atoms with Crippen LogP contribution in [0.5, 0.6) is 11.5 Å². The third kappa shape index (κ3) is 2.47. The SMILES string of the molecule is O=C1c2ccccc2NC(c2cc(Br)cs2)N1c1ccc2c(c1)OCO2. The minimum atomic E-state index is -0.297. The fourth-order valence-corrected chi connectivity index (χ4v) is 4.71. The van der Waals surface area contributed by atoms with Gasteiger partial charge < -0.3 is 14.8 Å². The van der Waals surface area contributed by atoms with E-state index in [-0.39, 0.29) is 18.9 Å². The van der Waals surface area contributed by atoms with E-state index in [0.29, 0.717) is 17.1 Å². The summed E-state index contributed by atoms with van der Waals surface area (Å²) >= 11 is 5.10. The lowest BCUT2D eigenvalue weighted by molar-refractivity contribution is 0.0975. The molecule has 0 aliphatic carbocycles. The molecule has 3 heterocycles. The molecule has 7 heteroatoms. The summed E-state index contributed by atoms with van der Waals surface area (Å²) in [4.78, 5) is 16.1. The van der Waals surface area contributed by atoms with Crippen molar-refractivity contribution in [1.82, 2.24) is 0 Å². The number of halogens is 1. The lowest BCUT2D eigenvalue weighted by Gasteiger charge is -2.37. The van der Waals surface area contributed by atoms with Gasteiger partial charge in [0.15, 0.2) is 11.5 Å². The number of thiophene rings is 1. The molecule has 0 radical (unpaired) electrons. The summed E-state index contributed by atoms with van der Waals surface area (Å²) in [6.07, 6.45) is -0.297. The van der Waals surface area contributed by atoms with Gasteiger partial charge in [-0.2, -0.15) is 0 Å². The first-order chi connectivity index (χ1) is 12.7. The molecule has 130 valence electrons. The molecule has 1 unspecified atom stereocenters. The van der Waals surface area contributed by atoms with Crippen LogP contribution in [0.1, 0.15) is 21.4 Å². The predicted octanol–water partition coefficient (Wildman–Crippen LogP) is 5.01. The highest BCUT2D eigenvalue weighted by Gasteiger charge is 2.35. The Kier molecular flexibility index (Phi) is 3.65. The third-order valence-electron chi connectivity index (χ3n) is 4.42. The molecule has 26 heavy (non-hydrogen) atoms. The summed E-state index contributed by atoms with van der Waals surface area (Å²) < 4.78 is 11.9. The molecule has 5 nitrogen and oxygen atoms in total. The number of nitrogens with one attached hydrogen (secondary N) is 1. The van der Waals surface area contributed by atoms with Crippen LogP contribution in [-0.2, 0) is 0 Å². The molecule has 1 atom stereocenters. The van der Waals surface area contributed by atoms with Crippen molar-refractivity contribution in [1.29, 1.82) is 0 Å². The molecule has 0 saturated carbocycles. The molecule has 5 rings (SSSR count). The van der Waals surface area contributed by atoms with E-state index in [1.54, 1.807) is 16.2 Å². The fourth-order valence-electron chi connectivity index (χ4n) is 3.23. The Morgan fingerprint density at radius 1 is 1.12 bits per heavy atom. The quantitative estimate of drug-likeness (QED) is 0.622. The summed E-state index contributed by atoms with van der Waals surface area (Å²) in [6, 6.07) is 15.2. The Morgan fingerprint density at radius 2 is 1.96 bits per heavy atom. The van der Waals surface area contributed by atoms with E-state index >= 15 is 0 Å². The maximum absolute atomic E-state index is 13.3. The van der Waals surface area contributed by atoms with Gasteiger partial charge in [0.25, 0.3) is 5.91 Å². The number of nitrogens with zero attached hydrogens (tertiary/aromatic N) is 1. The second kappa shape index (κ2) is 6.03. The second-order valence-corrected chi connectivity index (χ2v) is 7.83. The Labute approximate surface area is 162 Å². The number of anilines is 2. The van der Waals surface area contributed by atoms with Crippen molar-refractivity contribution in [3.05, 3.63) is 68.8 Å². The number of fused-ring (bicyclic) bond motifs is 2. The average molecular weight is 429 g/mol. The fraction of sp³-hybridized carbons (Fsp3) is 0.105. The van der Waals surface area contributed by atoms with E-state index in [1.165, 1.54) is 0 Å². The molecule has 1 aromatic heterocycles. The molecular formula is C19H13BrN2O3S. The van der Waals surface area contributed by atoms with Crippen LogP contribution in [0.3, 0.4) is 0 Å². The van der Waals surface area contributed by atoms with Crippen LogP contribution < -0.4 is 19.7 Å². The molecule has 0 fully saturated rings. The van der Waals surface area contributed by atoms with Gasteiger partial charge in [0.05, 0.1) is 11.3 Å². The molecule has 1 N–H and O–H groups in total. The van der Waals surface area contributed by atoms with Gasteiger partial charge in [0, 0.05) is 26.5 Å². The first kappa shape index (κ1) is 15.7. The highest BCUT2D eigenvalue weighted by molar-refractivity contribution is 9.10. The van der Waals surface area contributed by atoms with Crippen LogP contribution in [0.25, 0.3) is 0 Å². The topological polar surface area (TPSA) is 50.8 Å². The lowest BCUT2D eigenvalue weighted by Crippen LogP contribution is -2.42. The van der Waals surface area contributed by atoms with Crippen molar-refractivity contribution in [2.45, 2.75) is 6.17 Å². The largest absolute Gasteiger partial charge is 0.454 e. The van der Waals surface area contributed by atoms with Crippen molar-refractivity contribution in [2.75, 3.05) is 17.0 Å². The van der Waals surface area contributed by atoms with Gasteiger partial charge in [0.1, 0.15) is 6.17 Å². The molecule has 3 aromatic rings. The molecular weight excluding hydrogens is 416 g/mol. The van der Waals surface area contributed by atoms with Gasteiger partial charge >= 0.3 is 0 Å². The Morgan fingerprint density at radius 3 is 2.81 bits per heavy atom. The maximum atomic E-state index is 13.3. The van der Waals surface area contributed by atoms with Gasteiger partial charge in [-0.15, -0.1) is 11.3 Å². The molecule has 0 bridgehead atoms. The Hall–Kier alpha value is -2.51. The zero-order valence-corrected chi connectivity index (χ0v) is 15.8. The van der Waals surface area contributed by atoms with E-state index in [2.05, 4.69) is 21.2 Å². The standard InChI is InChI=1S/C19H13BrN2O3S/c20-11-7-17(26-9-11)18-21-14-4-2-1-3-13(14)19(23)22(18)12-5-6-15-16(8-12)25-10-24-15/h1-9,18,21H,10H2. The predicted molar refractivity (Wildman–Crippen MR) is 104 cm³/mol. The van der Waals surface area contributed by atoms with E-state index in [9.17, 15) is 4.79 Å². The van der Waals surface area contributed by atoms with Crippen LogP contribution in [0.4, 0.5) is 11.4 Å². The molecule has 0 spiro atoms. The van der Waals surface area contributed by atoms with Crippen molar-refractivity contribution in [2.24, 2.45) is 0 Å². The highest BCUT2D eigenvalue weighted by Crippen LogP contribution is 2.42. The monoisotopic (exact) mass is 428 g/mol. The summed E-state index contributed by atoms with van der Waals surface area (Å²) in [5, 5.41) is 5.51. The Bertz CT molecular complexity index is 1020. The van der Waals surface area contributed by atoms with E-state index in [1.807, 2.05) is 53.9 Å². The molecule has 0 saturated heterocycles. The second-order valence-electron chi connectivity index (χ2n) is 5.97. The molecule has 1 amide bonds. The zero-order chi connectivity index (χ0) is 17.7. The normalized spacial score (nSPS) is 17.8. The van der Waals surface area contributed by atoms with E-state index in [0.717, 1.165) is 20.7 Å². The maximum Gasteiger partial charge on any atom is 0.262 e. The van der Waals surface area contributed by atoms with Gasteiger partial charge in [0.2, 0.25) is 6.79 Å². The summed E-state index contributed by atoms with van der Waals surface area (Å²) in [5.74, 6) is 1.30. The van der Waals surface area contributed by atoms with Crippen LogP contribution in [0.15, 0.2) is 58.4 Å². The molecule has 2 aliphatic heterocycles. The number of rotatable bonds is 2. The van der Waals surface area contributed by atoms with Crippen molar-refractivity contribution in [3.63, 3.8) is 0 Å². The van der Waals surface area contributed by atoms with Crippen LogP contribution >= 0.6 is 27.3 Å². The minimum Gasteiger partial charge on any atom is -0.454 e. The van der Waals surface area contributed by atoms with Gasteiger partial charge in [-0.25, -0.2) is 0 Å². The molecule has 2 aliphatic rings. The minimum absolute atomic E-state index is 0.0484. The number of carbonyl (C=O) groups is 1. The number of hydrogen-bond donors (Lipinski definition) is 1. The summed E-state index contributed by atoms with van der Waals surface area (Å²) in [7, 11) is 0. The smallest absolute Gasteiger partial charge is 0.262 e. The number of ether oxygens (including phenoxy) is 2. The van der Waals surface area contributed by atoms with E-state index in [4.69, 9.17) is 9.47 Å². The zero-order valence-electron chi connectivity index (χ0n) is 13.4. The number of para-hydroxylation sites is 1. The Balaban J connectivity index is 1.65. The number of hydrogen-bond acceptors (Lipinski definition) is 5. The highest BCUT2D eigenvalue weighted by atomic mass is 79.9. The van der Waals surface area contributed by atoms with Gasteiger partial charge in [-0.05, 0) is 46.3 Å². The summed E-state index contributed by atoms with van der Waals surface area (Å²) in [6.45, 7) is 0.203. The first-order valence-corrected chi connectivity index (χ1v) is 9.71. The van der Waals surface area contributed by atoms with E-state index < -0.39 is 0 Å². The number of carbonyl (C=O) groups excluding carboxylic acids is 1. The molecule has 2 aromatic carbocycles. The van der Waals surface area contributed by atoms with Gasteiger partial charge in [-0.1, -0.05) is 12.1 Å². The van der Waals surface area contributed by atoms with Gasteiger partial charge in [-0.3, -0.25) is 9.69 Å².